The van der Waals surface area contributed by atoms with E-state index in [0.29, 0.717) is 0 Å². The van der Waals surface area contributed by atoms with Gasteiger partial charge in [0.25, 0.3) is 13.4 Å². The highest BCUT2D eigenvalue weighted by atomic mass is 16.5. The molecule has 0 N–H and O–H groups in total. The Bertz CT molecular complexity index is 3810. The lowest BCUT2D eigenvalue weighted by molar-refractivity contribution is 0.486. The van der Waals surface area contributed by atoms with Crippen molar-refractivity contribution in [1.29, 1.82) is 0 Å². The van der Waals surface area contributed by atoms with Crippen LogP contribution in [-0.2, 0) is 0 Å². The van der Waals surface area contributed by atoms with Crippen LogP contribution in [0.1, 0.15) is 33.4 Å². The molecule has 16 rings (SSSR count). The van der Waals surface area contributed by atoms with Crippen LogP contribution in [0.4, 0.5) is 68.2 Å². The second-order valence-corrected chi connectivity index (χ2v) is 20.9. The van der Waals surface area contributed by atoms with Crippen molar-refractivity contribution in [3.05, 3.63) is 203 Å². The van der Waals surface area contributed by atoms with E-state index in [1.165, 1.54) is 88.9 Å². The summed E-state index contributed by atoms with van der Waals surface area (Å²) in [5.41, 5.74) is 28.3. The summed E-state index contributed by atoms with van der Waals surface area (Å²) in [6.45, 7) is 13.0. The third-order valence-corrected chi connectivity index (χ3v) is 16.3. The number of rotatable bonds is 4. The van der Waals surface area contributed by atoms with Crippen LogP contribution in [0.15, 0.2) is 170 Å². The molecule has 0 aromatic heterocycles. The van der Waals surface area contributed by atoms with E-state index in [1.807, 2.05) is 0 Å². The van der Waals surface area contributed by atoms with Crippen molar-refractivity contribution < 1.29 is 9.47 Å². The van der Waals surface area contributed by atoms with E-state index in [1.54, 1.807) is 0 Å². The van der Waals surface area contributed by atoms with E-state index in [4.69, 9.17) is 9.47 Å². The van der Waals surface area contributed by atoms with Gasteiger partial charge in [-0.25, -0.2) is 0 Å². The lowest BCUT2D eigenvalue weighted by Gasteiger charge is -2.48. The number of hydrogen-bond donors (Lipinski definition) is 0. The molecule has 0 aliphatic carbocycles. The molecule has 0 radical (unpaired) electrons. The van der Waals surface area contributed by atoms with Crippen LogP contribution in [0.5, 0.6) is 23.0 Å². The van der Waals surface area contributed by atoms with E-state index in [2.05, 4.69) is 231 Å². The molecule has 6 aliphatic heterocycles. The van der Waals surface area contributed by atoms with Gasteiger partial charge in [-0.3, -0.25) is 0 Å². The quantitative estimate of drug-likeness (QED) is 0.164. The largest absolute Gasteiger partial charge is 0.458 e. The van der Waals surface area contributed by atoms with E-state index in [9.17, 15) is 0 Å². The monoisotopic (exact) mass is 924 g/mol. The standard InChI is InChI=1S/C64H46B2N4O2/c1-35-13-21-41(22-14-35)67-47-9-7-11-53-59(47)65-57-49(67)29-39(5)31-51(57)69(43-25-17-37(3)18-26-43)63-45-34-56-62-64(46(45)33-55(71-53)61(63)65)70(44-27-19-38(4)20-28-44)52-32-40(6)30-50-58(52)66(62)60-48(10-8-12-54(60)72-56)68(50)42-23-15-36(2)16-24-42/h7-34H,1-6H3. The zero-order valence-electron chi connectivity index (χ0n) is 40.9. The number of ether oxygens (including phenoxy) is 2. The molecule has 0 saturated heterocycles. The predicted molar refractivity (Wildman–Crippen MR) is 301 cm³/mol. The first-order valence-corrected chi connectivity index (χ1v) is 25.2. The molecule has 8 heteroatoms. The normalized spacial score (nSPS) is 14.3. The van der Waals surface area contributed by atoms with Gasteiger partial charge in [-0.1, -0.05) is 82.9 Å². The Morgan fingerprint density at radius 2 is 0.597 bits per heavy atom. The Kier molecular flexibility index (Phi) is 7.83. The summed E-state index contributed by atoms with van der Waals surface area (Å²) in [6.07, 6.45) is 0. The average Bonchev–Trinajstić information content (AvgIpc) is 3.38. The van der Waals surface area contributed by atoms with Gasteiger partial charge < -0.3 is 29.1 Å². The molecule has 6 heterocycles. The highest BCUT2D eigenvalue weighted by Gasteiger charge is 2.52. The molecule has 6 aliphatic rings. The maximum atomic E-state index is 7.47. The predicted octanol–water partition coefficient (Wildman–Crippen LogP) is 13.1. The molecule has 0 amide bonds. The highest BCUT2D eigenvalue weighted by molar-refractivity contribution is 7.03. The second kappa shape index (κ2) is 14.0. The fraction of sp³-hybridized carbons (Fsp3) is 0.0938. The van der Waals surface area contributed by atoms with E-state index in [0.717, 1.165) is 79.3 Å². The summed E-state index contributed by atoms with van der Waals surface area (Å²) in [6, 6.07) is 63.6. The Morgan fingerprint density at radius 3 is 0.944 bits per heavy atom. The summed E-state index contributed by atoms with van der Waals surface area (Å²) in [4.78, 5) is 10.0. The Balaban J connectivity index is 1.05. The van der Waals surface area contributed by atoms with Crippen LogP contribution in [-0.4, -0.2) is 13.4 Å². The first-order chi connectivity index (χ1) is 35.2. The lowest BCUT2D eigenvalue weighted by atomic mass is 9.31. The first kappa shape index (κ1) is 40.2. The van der Waals surface area contributed by atoms with Crippen molar-refractivity contribution >= 4 is 125 Å². The molecule has 0 saturated carbocycles. The minimum Gasteiger partial charge on any atom is -0.458 e. The minimum absolute atomic E-state index is 0.0878. The van der Waals surface area contributed by atoms with Gasteiger partial charge in [-0.2, -0.15) is 0 Å². The Hall–Kier alpha value is -8.61. The summed E-state index contributed by atoms with van der Waals surface area (Å²) in [7, 11) is 0. The molecule has 0 atom stereocenters. The molecule has 340 valence electrons. The summed E-state index contributed by atoms with van der Waals surface area (Å²) >= 11 is 0. The molecular formula is C64H46B2N4O2. The fourth-order valence-electron chi connectivity index (χ4n) is 13.2. The topological polar surface area (TPSA) is 31.4 Å². The van der Waals surface area contributed by atoms with Crippen LogP contribution in [0.25, 0.3) is 10.8 Å². The molecule has 10 aromatic rings. The van der Waals surface area contributed by atoms with Crippen LogP contribution >= 0.6 is 0 Å². The minimum atomic E-state index is -0.0878. The van der Waals surface area contributed by atoms with Crippen molar-refractivity contribution in [1.82, 2.24) is 0 Å². The summed E-state index contributed by atoms with van der Waals surface area (Å²) in [5, 5.41) is 2.24. The first-order valence-electron chi connectivity index (χ1n) is 25.2. The molecule has 0 bridgehead atoms. The van der Waals surface area contributed by atoms with Gasteiger partial charge in [-0.05, 0) is 195 Å². The molecular weight excluding hydrogens is 878 g/mol. The third-order valence-electron chi connectivity index (χ3n) is 16.3. The van der Waals surface area contributed by atoms with Gasteiger partial charge in [0.05, 0.1) is 11.4 Å². The van der Waals surface area contributed by atoms with Crippen molar-refractivity contribution in [2.75, 3.05) is 19.6 Å². The van der Waals surface area contributed by atoms with Crippen molar-refractivity contribution in [3.8, 4) is 23.0 Å². The zero-order chi connectivity index (χ0) is 48.0. The summed E-state index contributed by atoms with van der Waals surface area (Å²) < 4.78 is 14.9. The SMILES string of the molecule is Cc1ccc(N2c3cccc4c3B3c5c2cc(C)cc5N(c2ccc(C)cc2)c2c3c(cc3c5c6c(cc23)Oc2cccc3c2B6c2c(cc(C)cc2N5c2ccc(C)cc2)N3c2ccc(C)cc2)O4)cc1. The summed E-state index contributed by atoms with van der Waals surface area (Å²) in [5.74, 6) is 3.55. The van der Waals surface area contributed by atoms with Gasteiger partial charge in [0.15, 0.2) is 0 Å². The van der Waals surface area contributed by atoms with Crippen LogP contribution < -0.4 is 61.9 Å². The highest BCUT2D eigenvalue weighted by Crippen LogP contribution is 2.55. The third kappa shape index (κ3) is 5.21. The van der Waals surface area contributed by atoms with Crippen LogP contribution in [0.3, 0.4) is 0 Å². The molecule has 0 fully saturated rings. The van der Waals surface area contributed by atoms with Gasteiger partial charge in [-0.15, -0.1) is 0 Å². The molecule has 0 spiro atoms. The number of aryl methyl sites for hydroxylation is 6. The maximum absolute atomic E-state index is 7.47. The fourth-order valence-corrected chi connectivity index (χ4v) is 13.2. The number of hydrogen-bond acceptors (Lipinski definition) is 6. The number of nitrogens with zero attached hydrogens (tertiary/aromatic N) is 4. The van der Waals surface area contributed by atoms with Crippen molar-refractivity contribution in [3.63, 3.8) is 0 Å². The molecule has 6 nitrogen and oxygen atoms in total. The van der Waals surface area contributed by atoms with E-state index < -0.39 is 0 Å². The molecule has 0 unspecified atom stereocenters. The van der Waals surface area contributed by atoms with Gasteiger partial charge in [0.1, 0.15) is 23.0 Å². The maximum Gasteiger partial charge on any atom is 0.261 e. The van der Waals surface area contributed by atoms with Crippen molar-refractivity contribution in [2.24, 2.45) is 0 Å². The molecule has 10 aromatic carbocycles. The van der Waals surface area contributed by atoms with Gasteiger partial charge in [0, 0.05) is 67.6 Å². The second-order valence-electron chi connectivity index (χ2n) is 20.9. The van der Waals surface area contributed by atoms with E-state index in [-0.39, 0.29) is 13.4 Å². The van der Waals surface area contributed by atoms with E-state index >= 15 is 0 Å². The van der Waals surface area contributed by atoms with Crippen LogP contribution in [0.2, 0.25) is 0 Å². The Morgan fingerprint density at radius 1 is 0.278 bits per heavy atom. The number of fused-ring (bicyclic) bond motifs is 3. The van der Waals surface area contributed by atoms with Crippen molar-refractivity contribution in [2.45, 2.75) is 41.5 Å². The zero-order valence-corrected chi connectivity index (χ0v) is 40.9. The van der Waals surface area contributed by atoms with Crippen LogP contribution in [0, 0.1) is 41.5 Å². The lowest BCUT2D eigenvalue weighted by Crippen LogP contribution is -2.64. The number of benzene rings is 10. The molecule has 72 heavy (non-hydrogen) atoms. The number of anilines is 12. The Labute approximate surface area is 420 Å². The van der Waals surface area contributed by atoms with Gasteiger partial charge in [0.2, 0.25) is 0 Å². The van der Waals surface area contributed by atoms with Gasteiger partial charge >= 0.3 is 0 Å². The smallest absolute Gasteiger partial charge is 0.261 e. The average molecular weight is 925 g/mol.